The highest BCUT2D eigenvalue weighted by atomic mass is 35.5. The molecule has 0 bridgehead atoms. The molecule has 0 spiro atoms. The Morgan fingerprint density at radius 1 is 1.17 bits per heavy atom. The summed E-state index contributed by atoms with van der Waals surface area (Å²) in [5.74, 6) is 1.73. The van der Waals surface area contributed by atoms with E-state index in [9.17, 15) is 4.39 Å². The summed E-state index contributed by atoms with van der Waals surface area (Å²) in [5.41, 5.74) is 6.34. The predicted octanol–water partition coefficient (Wildman–Crippen LogP) is 4.64. The van der Waals surface area contributed by atoms with Crippen molar-refractivity contribution in [1.29, 1.82) is 0 Å². The van der Waals surface area contributed by atoms with Gasteiger partial charge in [-0.1, -0.05) is 23.4 Å². The van der Waals surface area contributed by atoms with Crippen molar-refractivity contribution in [1.82, 2.24) is 0 Å². The van der Waals surface area contributed by atoms with E-state index in [1.165, 1.54) is 30.0 Å². The molecule has 0 unspecified atom stereocenters. The van der Waals surface area contributed by atoms with Crippen molar-refractivity contribution in [2.24, 2.45) is 10.7 Å². The van der Waals surface area contributed by atoms with Crippen LogP contribution in [0.25, 0.3) is 0 Å². The minimum absolute atomic E-state index is 0.0212. The first-order chi connectivity index (χ1) is 11.6. The van der Waals surface area contributed by atoms with Crippen molar-refractivity contribution in [3.05, 3.63) is 53.3 Å². The van der Waals surface area contributed by atoms with Crippen LogP contribution in [0.1, 0.15) is 6.92 Å². The molecule has 0 fully saturated rings. The quantitative estimate of drug-likeness (QED) is 0.439. The van der Waals surface area contributed by atoms with Gasteiger partial charge in [-0.25, -0.2) is 9.38 Å². The van der Waals surface area contributed by atoms with Crippen LogP contribution in [-0.2, 0) is 0 Å². The van der Waals surface area contributed by atoms with Gasteiger partial charge in [0.15, 0.2) is 5.17 Å². The van der Waals surface area contributed by atoms with Crippen molar-refractivity contribution in [3.63, 3.8) is 0 Å². The maximum atomic E-state index is 13.1. The van der Waals surface area contributed by atoms with E-state index in [0.717, 1.165) is 11.5 Å². The molecule has 0 amide bonds. The fourth-order valence-electron chi connectivity index (χ4n) is 1.82. The first-order valence-corrected chi connectivity index (χ1v) is 8.72. The number of halogens is 2. The van der Waals surface area contributed by atoms with Crippen LogP contribution in [0.3, 0.4) is 0 Å². The van der Waals surface area contributed by atoms with Gasteiger partial charge in [0.1, 0.15) is 17.3 Å². The Hall–Kier alpha value is -1.92. The number of nitrogens with zero attached hydrogens (tertiary/aromatic N) is 1. The molecule has 128 valence electrons. The van der Waals surface area contributed by atoms with E-state index >= 15 is 0 Å². The zero-order valence-corrected chi connectivity index (χ0v) is 14.7. The highest BCUT2D eigenvalue weighted by Gasteiger charge is 2.02. The first kappa shape index (κ1) is 18.4. The molecular weight excluding hydrogens is 351 g/mol. The van der Waals surface area contributed by atoms with Crippen LogP contribution in [0.15, 0.2) is 47.5 Å². The number of hydrogen-bond acceptors (Lipinski definition) is 4. The van der Waals surface area contributed by atoms with Gasteiger partial charge in [0.25, 0.3) is 0 Å². The van der Waals surface area contributed by atoms with E-state index < -0.39 is 5.82 Å². The van der Waals surface area contributed by atoms with Crippen LogP contribution in [-0.4, -0.2) is 24.1 Å². The third-order valence-electron chi connectivity index (χ3n) is 2.88. The number of ether oxygens (including phenoxy) is 2. The Labute approximate surface area is 149 Å². The first-order valence-electron chi connectivity index (χ1n) is 7.36. The topological polar surface area (TPSA) is 56.8 Å². The molecule has 0 atom stereocenters. The molecule has 0 aliphatic rings. The highest BCUT2D eigenvalue weighted by molar-refractivity contribution is 8.13. The molecule has 0 aliphatic heterocycles. The van der Waals surface area contributed by atoms with Crippen molar-refractivity contribution in [2.75, 3.05) is 19.0 Å². The van der Waals surface area contributed by atoms with Gasteiger partial charge < -0.3 is 15.2 Å². The lowest BCUT2D eigenvalue weighted by Crippen LogP contribution is -2.10. The zero-order valence-electron chi connectivity index (χ0n) is 13.2. The molecule has 24 heavy (non-hydrogen) atoms. The van der Waals surface area contributed by atoms with E-state index in [2.05, 4.69) is 4.99 Å². The summed E-state index contributed by atoms with van der Waals surface area (Å²) in [7, 11) is 0. The maximum absolute atomic E-state index is 13.1. The molecule has 0 radical (unpaired) electrons. The van der Waals surface area contributed by atoms with Gasteiger partial charge in [0.05, 0.1) is 23.9 Å². The summed E-state index contributed by atoms with van der Waals surface area (Å²) >= 11 is 7.06. The van der Waals surface area contributed by atoms with Gasteiger partial charge in [-0.2, -0.15) is 0 Å². The number of benzene rings is 2. The molecule has 0 saturated carbocycles. The Morgan fingerprint density at radius 3 is 2.46 bits per heavy atom. The van der Waals surface area contributed by atoms with Crippen molar-refractivity contribution < 1.29 is 13.9 Å². The van der Waals surface area contributed by atoms with Crippen molar-refractivity contribution in [2.45, 2.75) is 6.92 Å². The summed E-state index contributed by atoms with van der Waals surface area (Å²) in [6.45, 7) is 3.06. The zero-order chi connectivity index (χ0) is 17.4. The lowest BCUT2D eigenvalue weighted by Gasteiger charge is -2.07. The van der Waals surface area contributed by atoms with E-state index in [1.54, 1.807) is 0 Å². The normalized spacial score (nSPS) is 11.4. The summed E-state index contributed by atoms with van der Waals surface area (Å²) in [4.78, 5) is 4.17. The number of amidine groups is 1. The number of aliphatic imine (C=N–C) groups is 1. The third-order valence-corrected chi connectivity index (χ3v) is 3.93. The molecule has 0 aliphatic carbocycles. The fourth-order valence-corrected chi connectivity index (χ4v) is 2.54. The van der Waals surface area contributed by atoms with Crippen LogP contribution >= 0.6 is 23.4 Å². The van der Waals surface area contributed by atoms with Crippen LogP contribution in [0, 0.1) is 5.82 Å². The largest absolute Gasteiger partial charge is 0.494 e. The summed E-state index contributed by atoms with van der Waals surface area (Å²) < 4.78 is 24.1. The lowest BCUT2D eigenvalue weighted by atomic mass is 10.3. The van der Waals surface area contributed by atoms with Gasteiger partial charge in [-0.3, -0.25) is 0 Å². The molecule has 4 nitrogen and oxygen atoms in total. The van der Waals surface area contributed by atoms with Crippen molar-refractivity contribution in [3.8, 4) is 11.5 Å². The number of rotatable bonds is 7. The average Bonchev–Trinajstić information content (AvgIpc) is 2.57. The Kier molecular flexibility index (Phi) is 7.21. The second-order valence-corrected chi connectivity index (χ2v) is 6.17. The molecule has 0 saturated heterocycles. The third kappa shape index (κ3) is 5.94. The van der Waals surface area contributed by atoms with Gasteiger partial charge >= 0.3 is 0 Å². The highest BCUT2D eigenvalue weighted by Crippen LogP contribution is 2.22. The second-order valence-electron chi connectivity index (χ2n) is 4.65. The molecule has 2 N–H and O–H groups in total. The standard InChI is InChI=1S/C17H18ClFN2O2S/c1-2-22-13-4-6-14(7-5-13)23-9-10-24-17(20)21-12-3-8-16(19)15(18)11-12/h3-8,11H,2,9-10H2,1H3,(H2,20,21). The Morgan fingerprint density at radius 2 is 1.83 bits per heavy atom. The van der Waals surface area contributed by atoms with Crippen LogP contribution in [0.4, 0.5) is 10.1 Å². The summed E-state index contributed by atoms with van der Waals surface area (Å²) in [5, 5.41) is 0.390. The molecule has 0 heterocycles. The molecule has 2 rings (SSSR count). The van der Waals surface area contributed by atoms with Gasteiger partial charge in [0, 0.05) is 5.75 Å². The number of thioether (sulfide) groups is 1. The summed E-state index contributed by atoms with van der Waals surface area (Å²) in [6.07, 6.45) is 0. The Bertz CT molecular complexity index is 695. The number of hydrogen-bond donors (Lipinski definition) is 1. The molecule has 7 heteroatoms. The van der Waals surface area contributed by atoms with E-state index in [4.69, 9.17) is 26.8 Å². The van der Waals surface area contributed by atoms with Crippen LogP contribution in [0.5, 0.6) is 11.5 Å². The maximum Gasteiger partial charge on any atom is 0.159 e. The monoisotopic (exact) mass is 368 g/mol. The van der Waals surface area contributed by atoms with Crippen LogP contribution in [0.2, 0.25) is 5.02 Å². The molecule has 2 aromatic carbocycles. The van der Waals surface area contributed by atoms with E-state index in [1.807, 2.05) is 31.2 Å². The lowest BCUT2D eigenvalue weighted by molar-refractivity contribution is 0.332. The Balaban J connectivity index is 1.76. The molecular formula is C17H18ClFN2O2S. The number of nitrogens with two attached hydrogens (primary N) is 1. The average molecular weight is 369 g/mol. The minimum atomic E-state index is -0.481. The van der Waals surface area contributed by atoms with Gasteiger partial charge in [-0.05, 0) is 49.4 Å². The fraction of sp³-hybridized carbons (Fsp3) is 0.235. The molecule has 2 aromatic rings. The SMILES string of the molecule is CCOc1ccc(OCCSC(N)=Nc2ccc(F)c(Cl)c2)cc1. The molecule has 0 aromatic heterocycles. The second kappa shape index (κ2) is 9.39. The predicted molar refractivity (Wildman–Crippen MR) is 98.3 cm³/mol. The van der Waals surface area contributed by atoms with E-state index in [0.29, 0.717) is 29.8 Å². The van der Waals surface area contributed by atoms with Crippen molar-refractivity contribution >= 4 is 34.2 Å². The van der Waals surface area contributed by atoms with Gasteiger partial charge in [0.2, 0.25) is 0 Å². The smallest absolute Gasteiger partial charge is 0.159 e. The van der Waals surface area contributed by atoms with Crippen LogP contribution < -0.4 is 15.2 Å². The summed E-state index contributed by atoms with van der Waals surface area (Å²) in [6, 6.07) is 11.6. The minimum Gasteiger partial charge on any atom is -0.494 e. The van der Waals surface area contributed by atoms with Gasteiger partial charge in [-0.15, -0.1) is 0 Å². The van der Waals surface area contributed by atoms with E-state index in [-0.39, 0.29) is 5.02 Å².